The van der Waals surface area contributed by atoms with Crippen molar-refractivity contribution in [2.75, 3.05) is 12.3 Å². The van der Waals surface area contributed by atoms with Crippen molar-refractivity contribution in [2.24, 2.45) is 0 Å². The number of hydrogen-bond donors (Lipinski definition) is 3. The molecule has 1 aromatic rings. The maximum Gasteiger partial charge on any atom is 0.257 e. The second kappa shape index (κ2) is 4.20. The molecule has 0 aliphatic carbocycles. The number of nitrogens with two attached hydrogens (primary N) is 1. The molecule has 0 bridgehead atoms. The number of anilines is 1. The maximum absolute atomic E-state index is 11.5. The summed E-state index contributed by atoms with van der Waals surface area (Å²) in [6.07, 6.45) is -0.521. The van der Waals surface area contributed by atoms with E-state index in [2.05, 4.69) is 4.98 Å². The summed E-state index contributed by atoms with van der Waals surface area (Å²) in [5.74, 6) is 0.138. The SMILES string of the molecule is Nc1cc(=O)n([C@H]2C[C@@H](O)[C@H](CO)O2)cn1. The second-order valence-electron chi connectivity index (χ2n) is 3.67. The van der Waals surface area contributed by atoms with Crippen LogP contribution >= 0.6 is 0 Å². The number of aromatic nitrogens is 2. The van der Waals surface area contributed by atoms with Gasteiger partial charge < -0.3 is 20.7 Å². The van der Waals surface area contributed by atoms with Crippen molar-refractivity contribution in [3.63, 3.8) is 0 Å². The van der Waals surface area contributed by atoms with Crippen LogP contribution in [0.2, 0.25) is 0 Å². The molecule has 0 spiro atoms. The van der Waals surface area contributed by atoms with Crippen molar-refractivity contribution in [3.05, 3.63) is 22.7 Å². The molecule has 4 N–H and O–H groups in total. The summed E-state index contributed by atoms with van der Waals surface area (Å²) in [5, 5.41) is 18.4. The van der Waals surface area contributed by atoms with Crippen molar-refractivity contribution < 1.29 is 14.9 Å². The minimum atomic E-state index is -0.778. The van der Waals surface area contributed by atoms with Crippen LogP contribution in [-0.4, -0.2) is 38.6 Å². The van der Waals surface area contributed by atoms with E-state index in [0.717, 1.165) is 0 Å². The molecule has 0 saturated carbocycles. The van der Waals surface area contributed by atoms with E-state index in [1.54, 1.807) is 0 Å². The molecule has 2 rings (SSSR count). The van der Waals surface area contributed by atoms with Gasteiger partial charge in [0.15, 0.2) is 0 Å². The van der Waals surface area contributed by atoms with Gasteiger partial charge in [-0.3, -0.25) is 9.36 Å². The van der Waals surface area contributed by atoms with E-state index >= 15 is 0 Å². The summed E-state index contributed by atoms with van der Waals surface area (Å²) in [6, 6.07) is 1.18. The van der Waals surface area contributed by atoms with Crippen LogP contribution in [0.25, 0.3) is 0 Å². The topological polar surface area (TPSA) is 111 Å². The lowest BCUT2D eigenvalue weighted by atomic mass is 10.2. The Hall–Kier alpha value is -1.44. The molecule has 2 heterocycles. The third kappa shape index (κ3) is 1.92. The first-order valence-corrected chi connectivity index (χ1v) is 4.90. The molecule has 0 unspecified atom stereocenters. The summed E-state index contributed by atoms with van der Waals surface area (Å²) >= 11 is 0. The maximum atomic E-state index is 11.5. The fourth-order valence-corrected chi connectivity index (χ4v) is 1.69. The third-order valence-electron chi connectivity index (χ3n) is 2.55. The van der Waals surface area contributed by atoms with Crippen LogP contribution in [0, 0.1) is 0 Å². The Morgan fingerprint density at radius 2 is 2.44 bits per heavy atom. The quantitative estimate of drug-likeness (QED) is 0.565. The first-order chi connectivity index (χ1) is 7.61. The van der Waals surface area contributed by atoms with Crippen LogP contribution in [0.5, 0.6) is 0 Å². The Morgan fingerprint density at radius 1 is 1.69 bits per heavy atom. The normalized spacial score (nSPS) is 29.5. The average molecular weight is 227 g/mol. The van der Waals surface area contributed by atoms with Gasteiger partial charge >= 0.3 is 0 Å². The van der Waals surface area contributed by atoms with E-state index in [-0.39, 0.29) is 24.4 Å². The molecule has 1 saturated heterocycles. The molecule has 7 heteroatoms. The Labute approximate surface area is 91.1 Å². The van der Waals surface area contributed by atoms with Crippen molar-refractivity contribution in [3.8, 4) is 0 Å². The summed E-state index contributed by atoms with van der Waals surface area (Å²) in [6.45, 7) is -0.283. The number of nitrogens with zero attached hydrogens (tertiary/aromatic N) is 2. The van der Waals surface area contributed by atoms with Crippen molar-refractivity contribution in [1.29, 1.82) is 0 Å². The van der Waals surface area contributed by atoms with Crippen LogP contribution in [0.4, 0.5) is 5.82 Å². The van der Waals surface area contributed by atoms with Crippen LogP contribution < -0.4 is 11.3 Å². The van der Waals surface area contributed by atoms with Gasteiger partial charge in [-0.1, -0.05) is 0 Å². The Kier molecular flexibility index (Phi) is 2.90. The molecule has 7 nitrogen and oxygen atoms in total. The number of rotatable bonds is 2. The van der Waals surface area contributed by atoms with Gasteiger partial charge in [-0.15, -0.1) is 0 Å². The molecule has 16 heavy (non-hydrogen) atoms. The summed E-state index contributed by atoms with van der Waals surface area (Å²) in [7, 11) is 0. The van der Waals surface area contributed by atoms with Crippen LogP contribution in [-0.2, 0) is 4.74 Å². The number of ether oxygens (including phenoxy) is 1. The molecule has 0 radical (unpaired) electrons. The highest BCUT2D eigenvalue weighted by atomic mass is 16.5. The van der Waals surface area contributed by atoms with Gasteiger partial charge in [0.1, 0.15) is 24.5 Å². The lowest BCUT2D eigenvalue weighted by Gasteiger charge is -2.13. The molecule has 1 aliphatic heterocycles. The first-order valence-electron chi connectivity index (χ1n) is 4.90. The lowest BCUT2D eigenvalue weighted by Crippen LogP contribution is -2.26. The molecular weight excluding hydrogens is 214 g/mol. The van der Waals surface area contributed by atoms with Crippen molar-refractivity contribution in [1.82, 2.24) is 9.55 Å². The predicted octanol–water partition coefficient (Wildman–Crippen LogP) is -1.53. The van der Waals surface area contributed by atoms with E-state index in [1.165, 1.54) is 17.0 Å². The standard InChI is InChI=1S/C9H13N3O4/c10-7-2-8(15)12(4-11-7)9-1-5(14)6(3-13)16-9/h2,4-6,9,13-14H,1,3,10H2/t5-,6+,9-/m1/s1. The highest BCUT2D eigenvalue weighted by molar-refractivity contribution is 5.23. The van der Waals surface area contributed by atoms with Crippen LogP contribution in [0.15, 0.2) is 17.2 Å². The van der Waals surface area contributed by atoms with Crippen LogP contribution in [0.1, 0.15) is 12.6 Å². The van der Waals surface area contributed by atoms with Gasteiger partial charge in [0.2, 0.25) is 0 Å². The molecule has 3 atom stereocenters. The van der Waals surface area contributed by atoms with Gasteiger partial charge in [0.05, 0.1) is 12.7 Å². The van der Waals surface area contributed by atoms with Gasteiger partial charge in [-0.25, -0.2) is 4.98 Å². The Bertz CT molecular complexity index is 433. The highest BCUT2D eigenvalue weighted by Gasteiger charge is 2.34. The molecule has 88 valence electrons. The van der Waals surface area contributed by atoms with Gasteiger partial charge in [0.25, 0.3) is 5.56 Å². The van der Waals surface area contributed by atoms with Gasteiger partial charge in [-0.2, -0.15) is 0 Å². The minimum absolute atomic E-state index is 0.138. The average Bonchev–Trinajstić information content (AvgIpc) is 2.59. The zero-order chi connectivity index (χ0) is 11.7. The largest absolute Gasteiger partial charge is 0.394 e. The van der Waals surface area contributed by atoms with E-state index < -0.39 is 18.4 Å². The number of nitrogen functional groups attached to an aromatic ring is 1. The molecule has 0 amide bonds. The van der Waals surface area contributed by atoms with E-state index in [4.69, 9.17) is 15.6 Å². The zero-order valence-electron chi connectivity index (χ0n) is 8.48. The Balaban J connectivity index is 2.23. The smallest absolute Gasteiger partial charge is 0.257 e. The van der Waals surface area contributed by atoms with E-state index in [1.807, 2.05) is 0 Å². The summed E-state index contributed by atoms with van der Waals surface area (Å²) < 4.78 is 6.56. The highest BCUT2D eigenvalue weighted by Crippen LogP contribution is 2.26. The van der Waals surface area contributed by atoms with E-state index in [0.29, 0.717) is 0 Å². The molecule has 1 aliphatic rings. The lowest BCUT2D eigenvalue weighted by molar-refractivity contribution is -0.0457. The second-order valence-corrected chi connectivity index (χ2v) is 3.67. The van der Waals surface area contributed by atoms with Gasteiger partial charge in [-0.05, 0) is 0 Å². The Morgan fingerprint density at radius 3 is 3.00 bits per heavy atom. The third-order valence-corrected chi connectivity index (χ3v) is 2.55. The van der Waals surface area contributed by atoms with Crippen LogP contribution in [0.3, 0.4) is 0 Å². The number of hydrogen-bond acceptors (Lipinski definition) is 6. The van der Waals surface area contributed by atoms with E-state index in [9.17, 15) is 9.90 Å². The fraction of sp³-hybridized carbons (Fsp3) is 0.556. The monoisotopic (exact) mass is 227 g/mol. The van der Waals surface area contributed by atoms with Crippen molar-refractivity contribution >= 4 is 5.82 Å². The number of aliphatic hydroxyl groups excluding tert-OH is 2. The summed E-state index contributed by atoms with van der Waals surface area (Å²) in [5.41, 5.74) is 5.01. The molecular formula is C9H13N3O4. The minimum Gasteiger partial charge on any atom is -0.394 e. The molecule has 0 aromatic carbocycles. The van der Waals surface area contributed by atoms with Gasteiger partial charge in [0, 0.05) is 12.5 Å². The zero-order valence-corrected chi connectivity index (χ0v) is 8.48. The molecule has 1 fully saturated rings. The van der Waals surface area contributed by atoms with Crippen molar-refractivity contribution in [2.45, 2.75) is 24.9 Å². The summed E-state index contributed by atoms with van der Waals surface area (Å²) in [4.78, 5) is 15.3. The predicted molar refractivity (Wildman–Crippen MR) is 54.5 cm³/mol. The molecule has 1 aromatic heterocycles. The number of aliphatic hydroxyl groups is 2. The fourth-order valence-electron chi connectivity index (χ4n) is 1.69. The first kappa shape index (κ1) is 11.1.